The quantitative estimate of drug-likeness (QED) is 0.743. The summed E-state index contributed by atoms with van der Waals surface area (Å²) < 4.78 is 10.2. The van der Waals surface area contributed by atoms with Crippen LogP contribution in [0, 0.1) is 0 Å². The second-order valence-corrected chi connectivity index (χ2v) is 2.76. The molecular weight excluding hydrogens is 194 g/mol. The fourth-order valence-corrected chi connectivity index (χ4v) is 1.11. The topological polar surface area (TPSA) is 47.6 Å². The molecule has 0 radical (unpaired) electrons. The molecule has 0 aliphatic rings. The number of carbonyl (C=O) groups is 1. The van der Waals surface area contributed by atoms with Crippen molar-refractivity contribution in [3.8, 4) is 11.5 Å². The first-order valence-corrected chi connectivity index (χ1v) is 4.39. The van der Waals surface area contributed by atoms with E-state index in [1.807, 2.05) is 12.1 Å². The number of rotatable bonds is 5. The summed E-state index contributed by atoms with van der Waals surface area (Å²) in [4.78, 5) is 10.0. The van der Waals surface area contributed by atoms with Crippen LogP contribution in [0.25, 0.3) is 6.08 Å². The van der Waals surface area contributed by atoms with Gasteiger partial charge in [0.05, 0.1) is 14.2 Å². The highest BCUT2D eigenvalue weighted by atomic mass is 16.5. The van der Waals surface area contributed by atoms with Crippen molar-refractivity contribution in [1.29, 1.82) is 0 Å². The van der Waals surface area contributed by atoms with Crippen molar-refractivity contribution in [2.75, 3.05) is 14.2 Å². The summed E-state index contributed by atoms with van der Waals surface area (Å²) in [5.74, 6) is 1.42. The number of nitrogens with one attached hydrogen (secondary N) is 1. The molecule has 0 unspecified atom stereocenters. The van der Waals surface area contributed by atoms with Crippen molar-refractivity contribution in [2.24, 2.45) is 0 Å². The van der Waals surface area contributed by atoms with Gasteiger partial charge in [-0.1, -0.05) is 0 Å². The molecule has 0 aromatic heterocycles. The first kappa shape index (κ1) is 11.1. The zero-order valence-electron chi connectivity index (χ0n) is 8.69. The molecule has 1 aromatic rings. The van der Waals surface area contributed by atoms with Crippen molar-refractivity contribution in [1.82, 2.24) is 5.32 Å². The molecule has 0 spiro atoms. The Bertz CT molecular complexity index is 339. The molecule has 0 aliphatic heterocycles. The normalized spacial score (nSPS) is 10.0. The maximum absolute atomic E-state index is 10.0. The number of hydrogen-bond donors (Lipinski definition) is 1. The molecule has 0 aliphatic carbocycles. The first-order valence-electron chi connectivity index (χ1n) is 4.39. The van der Waals surface area contributed by atoms with E-state index in [1.165, 1.54) is 0 Å². The van der Waals surface area contributed by atoms with Crippen LogP contribution in [0.5, 0.6) is 11.5 Å². The lowest BCUT2D eigenvalue weighted by molar-refractivity contribution is -0.108. The van der Waals surface area contributed by atoms with Crippen LogP contribution in [0.3, 0.4) is 0 Å². The largest absolute Gasteiger partial charge is 0.497 e. The lowest BCUT2D eigenvalue weighted by Crippen LogP contribution is -1.98. The molecule has 0 fully saturated rings. The Hall–Kier alpha value is -1.97. The summed E-state index contributed by atoms with van der Waals surface area (Å²) in [6.07, 6.45) is 3.90. The van der Waals surface area contributed by atoms with Gasteiger partial charge in [0.1, 0.15) is 11.5 Å². The SMILES string of the molecule is COc1cc(/C=C/NC=O)cc(OC)c1. The van der Waals surface area contributed by atoms with Crippen molar-refractivity contribution in [3.63, 3.8) is 0 Å². The fraction of sp³-hybridized carbons (Fsp3) is 0.182. The molecule has 1 amide bonds. The second kappa shape index (κ2) is 5.70. The highest BCUT2D eigenvalue weighted by molar-refractivity contribution is 5.58. The third-order valence-corrected chi connectivity index (χ3v) is 1.81. The van der Waals surface area contributed by atoms with Gasteiger partial charge in [0.25, 0.3) is 0 Å². The smallest absolute Gasteiger partial charge is 0.211 e. The summed E-state index contributed by atoms with van der Waals surface area (Å²) in [7, 11) is 3.18. The van der Waals surface area contributed by atoms with Crippen molar-refractivity contribution >= 4 is 12.5 Å². The van der Waals surface area contributed by atoms with E-state index in [2.05, 4.69) is 5.32 Å². The molecule has 1 rings (SSSR count). The van der Waals surface area contributed by atoms with Crippen LogP contribution in [0.2, 0.25) is 0 Å². The van der Waals surface area contributed by atoms with Crippen LogP contribution in [-0.2, 0) is 4.79 Å². The second-order valence-electron chi connectivity index (χ2n) is 2.76. The maximum Gasteiger partial charge on any atom is 0.211 e. The monoisotopic (exact) mass is 207 g/mol. The van der Waals surface area contributed by atoms with E-state index in [4.69, 9.17) is 9.47 Å². The maximum atomic E-state index is 10.0. The van der Waals surface area contributed by atoms with Crippen LogP contribution < -0.4 is 14.8 Å². The summed E-state index contributed by atoms with van der Waals surface area (Å²) in [6.45, 7) is 0. The predicted molar refractivity (Wildman–Crippen MR) is 57.8 cm³/mol. The molecule has 4 heteroatoms. The Balaban J connectivity index is 2.91. The van der Waals surface area contributed by atoms with Gasteiger partial charge in [0.15, 0.2) is 0 Å². The summed E-state index contributed by atoms with van der Waals surface area (Å²) in [5.41, 5.74) is 0.889. The molecule has 1 aromatic carbocycles. The Morgan fingerprint density at radius 3 is 2.20 bits per heavy atom. The van der Waals surface area contributed by atoms with Crippen LogP contribution >= 0.6 is 0 Å². The Kier molecular flexibility index (Phi) is 4.22. The van der Waals surface area contributed by atoms with E-state index in [0.717, 1.165) is 5.56 Å². The minimum absolute atomic E-state index is 0.605. The number of ether oxygens (including phenoxy) is 2. The minimum atomic E-state index is 0.605. The van der Waals surface area contributed by atoms with E-state index >= 15 is 0 Å². The van der Waals surface area contributed by atoms with E-state index < -0.39 is 0 Å². The van der Waals surface area contributed by atoms with E-state index in [9.17, 15) is 4.79 Å². The lowest BCUT2D eigenvalue weighted by Gasteiger charge is -2.05. The zero-order valence-corrected chi connectivity index (χ0v) is 8.69. The van der Waals surface area contributed by atoms with Crippen LogP contribution in [0.4, 0.5) is 0 Å². The Morgan fingerprint density at radius 2 is 1.73 bits per heavy atom. The molecule has 4 nitrogen and oxygen atoms in total. The van der Waals surface area contributed by atoms with Gasteiger partial charge in [0.2, 0.25) is 6.41 Å². The third kappa shape index (κ3) is 3.34. The van der Waals surface area contributed by atoms with Crippen molar-refractivity contribution in [3.05, 3.63) is 30.0 Å². The summed E-state index contributed by atoms with van der Waals surface area (Å²) in [5, 5.41) is 2.43. The van der Waals surface area contributed by atoms with E-state index in [1.54, 1.807) is 32.6 Å². The molecule has 0 heterocycles. The number of methoxy groups -OCH3 is 2. The van der Waals surface area contributed by atoms with Gasteiger partial charge in [-0.05, 0) is 23.8 Å². The molecule has 1 N–H and O–H groups in total. The number of hydrogen-bond acceptors (Lipinski definition) is 3. The van der Waals surface area contributed by atoms with Gasteiger partial charge in [-0.3, -0.25) is 4.79 Å². The van der Waals surface area contributed by atoms with Crippen molar-refractivity contribution < 1.29 is 14.3 Å². The number of amides is 1. The first-order chi connectivity index (χ1) is 7.30. The molecule has 15 heavy (non-hydrogen) atoms. The molecule has 0 atom stereocenters. The average Bonchev–Trinajstić information content (AvgIpc) is 2.29. The number of benzene rings is 1. The summed E-state index contributed by atoms with van der Waals surface area (Å²) in [6, 6.07) is 5.46. The van der Waals surface area contributed by atoms with Gasteiger partial charge in [-0.15, -0.1) is 0 Å². The Morgan fingerprint density at radius 1 is 1.13 bits per heavy atom. The molecule has 0 saturated carbocycles. The molecule has 0 saturated heterocycles. The Labute approximate surface area is 88.5 Å². The van der Waals surface area contributed by atoms with Gasteiger partial charge < -0.3 is 14.8 Å². The predicted octanol–water partition coefficient (Wildman–Crippen LogP) is 1.42. The van der Waals surface area contributed by atoms with E-state index in [-0.39, 0.29) is 0 Å². The van der Waals surface area contributed by atoms with Crippen LogP contribution in [0.1, 0.15) is 5.56 Å². The average molecular weight is 207 g/mol. The molecular formula is C11H13NO3. The lowest BCUT2D eigenvalue weighted by atomic mass is 10.2. The van der Waals surface area contributed by atoms with Gasteiger partial charge in [0, 0.05) is 12.3 Å². The van der Waals surface area contributed by atoms with Crippen LogP contribution in [0.15, 0.2) is 24.4 Å². The molecule has 80 valence electrons. The van der Waals surface area contributed by atoms with Gasteiger partial charge >= 0.3 is 0 Å². The van der Waals surface area contributed by atoms with Gasteiger partial charge in [-0.25, -0.2) is 0 Å². The molecule has 0 bridgehead atoms. The zero-order chi connectivity index (χ0) is 11.1. The number of carbonyl (C=O) groups excluding carboxylic acids is 1. The van der Waals surface area contributed by atoms with Gasteiger partial charge in [-0.2, -0.15) is 0 Å². The van der Waals surface area contributed by atoms with E-state index in [0.29, 0.717) is 17.9 Å². The van der Waals surface area contributed by atoms with Crippen molar-refractivity contribution in [2.45, 2.75) is 0 Å². The summed E-state index contributed by atoms with van der Waals surface area (Å²) >= 11 is 0. The van der Waals surface area contributed by atoms with Crippen LogP contribution in [-0.4, -0.2) is 20.6 Å². The third-order valence-electron chi connectivity index (χ3n) is 1.81. The standard InChI is InChI=1S/C11H13NO3/c1-14-10-5-9(3-4-12-8-13)6-11(7-10)15-2/h3-8H,1-2H3,(H,12,13)/b4-3+. The highest BCUT2D eigenvalue weighted by Crippen LogP contribution is 2.22. The fourth-order valence-electron chi connectivity index (χ4n) is 1.11. The highest BCUT2D eigenvalue weighted by Gasteiger charge is 1.98. The minimum Gasteiger partial charge on any atom is -0.497 e.